The Balaban J connectivity index is 2.26. The summed E-state index contributed by atoms with van der Waals surface area (Å²) >= 11 is 0.893. The highest BCUT2D eigenvalue weighted by molar-refractivity contribution is 7.18. The van der Waals surface area contributed by atoms with Crippen molar-refractivity contribution in [2.45, 2.75) is 33.3 Å². The largest absolute Gasteiger partial charge is 0.465 e. The van der Waals surface area contributed by atoms with Crippen LogP contribution in [-0.4, -0.2) is 48.6 Å². The fraction of sp³-hybridized carbons (Fsp3) is 0.350. The Labute approximate surface area is 177 Å². The molecule has 0 spiro atoms. The van der Waals surface area contributed by atoms with Crippen molar-refractivity contribution in [3.05, 3.63) is 46.1 Å². The van der Waals surface area contributed by atoms with Gasteiger partial charge in [0.2, 0.25) is 0 Å². The molecular weight excluding hydrogens is 412 g/mol. The van der Waals surface area contributed by atoms with Crippen molar-refractivity contribution in [2.75, 3.05) is 19.0 Å². The Bertz CT molecular complexity index is 940. The average Bonchev–Trinajstić information content (AvgIpc) is 3.07. The first kappa shape index (κ1) is 23.0. The van der Waals surface area contributed by atoms with E-state index in [1.54, 1.807) is 20.8 Å². The number of ether oxygens (including phenoxy) is 3. The monoisotopic (exact) mass is 434 g/mol. The first-order chi connectivity index (χ1) is 14.3. The van der Waals surface area contributed by atoms with Gasteiger partial charge in [0.1, 0.15) is 9.88 Å². The predicted octanol–water partition coefficient (Wildman–Crippen LogP) is 2.99. The number of anilines is 1. The minimum atomic E-state index is -1.11. The molecule has 2 aromatic heterocycles. The highest BCUT2D eigenvalue weighted by atomic mass is 32.1. The third-order valence-corrected chi connectivity index (χ3v) is 5.25. The van der Waals surface area contributed by atoms with Gasteiger partial charge in [-0.2, -0.15) is 0 Å². The lowest BCUT2D eigenvalue weighted by Gasteiger charge is -2.16. The van der Waals surface area contributed by atoms with Gasteiger partial charge < -0.3 is 19.5 Å². The van der Waals surface area contributed by atoms with Gasteiger partial charge in [0, 0.05) is 12.4 Å². The third kappa shape index (κ3) is 5.20. The van der Waals surface area contributed by atoms with Gasteiger partial charge in [-0.15, -0.1) is 11.3 Å². The maximum Gasteiger partial charge on any atom is 0.348 e. The minimum absolute atomic E-state index is 0.0502. The molecule has 1 N–H and O–H groups in total. The van der Waals surface area contributed by atoms with E-state index in [-0.39, 0.29) is 34.0 Å². The molecule has 10 heteroatoms. The lowest BCUT2D eigenvalue weighted by Crippen LogP contribution is -2.32. The Kier molecular flexibility index (Phi) is 8.05. The van der Waals surface area contributed by atoms with Crippen molar-refractivity contribution in [1.82, 2.24) is 4.98 Å². The van der Waals surface area contributed by atoms with Gasteiger partial charge in [-0.1, -0.05) is 6.92 Å². The van der Waals surface area contributed by atoms with E-state index in [1.807, 2.05) is 0 Å². The van der Waals surface area contributed by atoms with Crippen LogP contribution in [-0.2, 0) is 19.0 Å². The zero-order chi connectivity index (χ0) is 22.3. The van der Waals surface area contributed by atoms with E-state index in [9.17, 15) is 19.2 Å². The number of carbonyl (C=O) groups excluding carboxylic acids is 4. The van der Waals surface area contributed by atoms with E-state index < -0.39 is 29.9 Å². The number of thiophene rings is 1. The lowest BCUT2D eigenvalue weighted by molar-refractivity contribution is -0.124. The van der Waals surface area contributed by atoms with Crippen LogP contribution >= 0.6 is 11.3 Å². The van der Waals surface area contributed by atoms with E-state index in [0.29, 0.717) is 5.56 Å². The lowest BCUT2D eigenvalue weighted by atomic mass is 10.1. The number of hydrogen-bond acceptors (Lipinski definition) is 9. The van der Waals surface area contributed by atoms with Crippen LogP contribution in [0.1, 0.15) is 56.2 Å². The van der Waals surface area contributed by atoms with E-state index in [0.717, 1.165) is 11.3 Å². The van der Waals surface area contributed by atoms with Gasteiger partial charge in [0.15, 0.2) is 6.10 Å². The van der Waals surface area contributed by atoms with Crippen LogP contribution in [0.25, 0.3) is 0 Å². The van der Waals surface area contributed by atoms with Crippen LogP contribution in [0.15, 0.2) is 24.5 Å². The van der Waals surface area contributed by atoms with Crippen LogP contribution in [0.3, 0.4) is 0 Å². The van der Waals surface area contributed by atoms with E-state index in [1.165, 1.54) is 31.6 Å². The number of methoxy groups -OCH3 is 1. The molecule has 0 saturated heterocycles. The molecule has 1 atom stereocenters. The van der Waals surface area contributed by atoms with Crippen molar-refractivity contribution in [2.24, 2.45) is 0 Å². The Morgan fingerprint density at radius 2 is 1.77 bits per heavy atom. The van der Waals surface area contributed by atoms with Crippen molar-refractivity contribution in [3.8, 4) is 0 Å². The molecule has 160 valence electrons. The van der Waals surface area contributed by atoms with E-state index >= 15 is 0 Å². The number of nitrogens with zero attached hydrogens (tertiary/aromatic N) is 1. The second-order valence-electron chi connectivity index (χ2n) is 6.00. The average molecular weight is 434 g/mol. The molecule has 0 fully saturated rings. The molecule has 0 aliphatic carbocycles. The molecule has 1 amide bonds. The maximum atomic E-state index is 12.7. The predicted molar refractivity (Wildman–Crippen MR) is 109 cm³/mol. The molecule has 1 unspecified atom stereocenters. The number of carbonyl (C=O) groups is 4. The molecule has 2 heterocycles. The quantitative estimate of drug-likeness (QED) is 0.497. The first-order valence-electron chi connectivity index (χ1n) is 9.14. The number of aromatic nitrogens is 1. The van der Waals surface area contributed by atoms with Crippen molar-refractivity contribution < 1.29 is 33.4 Å². The molecule has 9 nitrogen and oxygen atoms in total. The summed E-state index contributed by atoms with van der Waals surface area (Å²) in [5, 5.41) is 2.69. The zero-order valence-electron chi connectivity index (χ0n) is 17.0. The second-order valence-corrected chi connectivity index (χ2v) is 7.02. The summed E-state index contributed by atoms with van der Waals surface area (Å²) in [5.74, 6) is -2.64. The summed E-state index contributed by atoms with van der Waals surface area (Å²) in [6, 6.07) is 2.94. The van der Waals surface area contributed by atoms with Gasteiger partial charge in [-0.05, 0) is 38.0 Å². The minimum Gasteiger partial charge on any atom is -0.465 e. The fourth-order valence-corrected chi connectivity index (χ4v) is 3.63. The number of amides is 1. The fourth-order valence-electron chi connectivity index (χ4n) is 2.54. The van der Waals surface area contributed by atoms with Gasteiger partial charge in [0.05, 0.1) is 24.8 Å². The zero-order valence-corrected chi connectivity index (χ0v) is 17.8. The number of rotatable bonds is 8. The van der Waals surface area contributed by atoms with Gasteiger partial charge in [-0.25, -0.2) is 14.4 Å². The molecule has 0 saturated carbocycles. The Morgan fingerprint density at radius 3 is 2.33 bits per heavy atom. The topological polar surface area (TPSA) is 121 Å². The van der Waals surface area contributed by atoms with Crippen molar-refractivity contribution in [1.29, 1.82) is 0 Å². The summed E-state index contributed by atoms with van der Waals surface area (Å²) in [6.45, 7) is 5.06. The van der Waals surface area contributed by atoms with Gasteiger partial charge >= 0.3 is 17.9 Å². The maximum absolute atomic E-state index is 12.7. The third-order valence-electron chi connectivity index (χ3n) is 4.06. The van der Waals surface area contributed by atoms with E-state index in [4.69, 9.17) is 14.2 Å². The SMILES string of the molecule is CCOC(=O)c1sc(NC(=O)C(CC)OC(=O)c2ccncc2)c(C(=O)OC)c1C. The first-order valence-corrected chi connectivity index (χ1v) is 9.96. The number of hydrogen-bond donors (Lipinski definition) is 1. The normalized spacial score (nSPS) is 11.3. The van der Waals surface area contributed by atoms with Gasteiger partial charge in [0.25, 0.3) is 5.91 Å². The summed E-state index contributed by atoms with van der Waals surface area (Å²) in [5.41, 5.74) is 0.639. The van der Waals surface area contributed by atoms with Crippen molar-refractivity contribution >= 4 is 40.2 Å². The molecule has 0 radical (unpaired) electrons. The molecule has 0 aromatic carbocycles. The smallest absolute Gasteiger partial charge is 0.348 e. The summed E-state index contributed by atoms with van der Waals surface area (Å²) in [6.07, 6.45) is 1.97. The van der Waals surface area contributed by atoms with Gasteiger partial charge in [-0.3, -0.25) is 9.78 Å². The summed E-state index contributed by atoms with van der Waals surface area (Å²) in [4.78, 5) is 53.4. The highest BCUT2D eigenvalue weighted by Gasteiger charge is 2.29. The molecule has 30 heavy (non-hydrogen) atoms. The van der Waals surface area contributed by atoms with Crippen LogP contribution in [0.4, 0.5) is 5.00 Å². The van der Waals surface area contributed by atoms with Crippen LogP contribution in [0.2, 0.25) is 0 Å². The standard InChI is InChI=1S/C20H22N2O7S/c1-5-13(29-18(24)12-7-9-21-10-8-12)16(23)22-17-14(19(25)27-4)11(3)15(30-17)20(26)28-6-2/h7-10,13H,5-6H2,1-4H3,(H,22,23). The number of esters is 3. The van der Waals surface area contributed by atoms with Crippen LogP contribution in [0, 0.1) is 6.92 Å². The molecule has 0 aliphatic rings. The Hall–Kier alpha value is -3.27. The summed E-state index contributed by atoms with van der Waals surface area (Å²) < 4.78 is 15.1. The number of pyridine rings is 1. The molecule has 0 bridgehead atoms. The highest BCUT2D eigenvalue weighted by Crippen LogP contribution is 2.34. The molecule has 2 aromatic rings. The molecule has 0 aliphatic heterocycles. The van der Waals surface area contributed by atoms with Crippen LogP contribution in [0.5, 0.6) is 0 Å². The van der Waals surface area contributed by atoms with Crippen molar-refractivity contribution in [3.63, 3.8) is 0 Å². The van der Waals surface area contributed by atoms with Crippen LogP contribution < -0.4 is 5.32 Å². The van der Waals surface area contributed by atoms with E-state index in [2.05, 4.69) is 10.3 Å². The molecular formula is C20H22N2O7S. The Morgan fingerprint density at radius 1 is 1.10 bits per heavy atom. The second kappa shape index (κ2) is 10.5. The molecule has 2 rings (SSSR count). The number of nitrogens with one attached hydrogen (secondary N) is 1. The summed E-state index contributed by atoms with van der Waals surface area (Å²) in [7, 11) is 1.19.